The van der Waals surface area contributed by atoms with Gasteiger partial charge in [-0.05, 0) is 73.9 Å². The van der Waals surface area contributed by atoms with Crippen molar-refractivity contribution in [3.63, 3.8) is 0 Å². The lowest BCUT2D eigenvalue weighted by molar-refractivity contribution is 0.0952. The number of carbonyl (C=O) groups is 1. The molecule has 0 saturated heterocycles. The van der Waals surface area contributed by atoms with Gasteiger partial charge in [-0.2, -0.15) is 5.26 Å². The number of amides is 1. The lowest BCUT2D eigenvalue weighted by atomic mass is 10.1. The zero-order valence-electron chi connectivity index (χ0n) is 23.9. The van der Waals surface area contributed by atoms with Crippen molar-refractivity contribution >= 4 is 11.9 Å². The maximum absolute atomic E-state index is 12.5. The summed E-state index contributed by atoms with van der Waals surface area (Å²) in [6.45, 7) is 3.92. The molecule has 4 aromatic rings. The van der Waals surface area contributed by atoms with Crippen molar-refractivity contribution in [1.29, 1.82) is 5.26 Å². The molecule has 0 atom stereocenters. The number of hydrogen-bond acceptors (Lipinski definition) is 6. The van der Waals surface area contributed by atoms with Crippen LogP contribution in [0.3, 0.4) is 0 Å². The number of rotatable bonds is 16. The van der Waals surface area contributed by atoms with Gasteiger partial charge in [0.15, 0.2) is 0 Å². The van der Waals surface area contributed by atoms with Crippen LogP contribution in [0.5, 0.6) is 0 Å². The van der Waals surface area contributed by atoms with Crippen molar-refractivity contribution in [3.8, 4) is 6.07 Å². The van der Waals surface area contributed by atoms with Gasteiger partial charge in [-0.1, -0.05) is 55.7 Å². The topological polar surface area (TPSA) is 127 Å². The smallest absolute Gasteiger partial charge is 0.251 e. The first-order valence-electron chi connectivity index (χ1n) is 14.6. The number of benzene rings is 2. The van der Waals surface area contributed by atoms with Crippen LogP contribution in [0.2, 0.25) is 0 Å². The molecular formula is C32H40N8O. The maximum atomic E-state index is 12.5. The second kappa shape index (κ2) is 15.4. The summed E-state index contributed by atoms with van der Waals surface area (Å²) in [6.07, 6.45) is 13.4. The van der Waals surface area contributed by atoms with E-state index in [9.17, 15) is 4.79 Å². The third-order valence-electron chi connectivity index (χ3n) is 7.26. The molecule has 2 aromatic heterocycles. The van der Waals surface area contributed by atoms with E-state index in [4.69, 9.17) is 11.0 Å². The molecule has 0 fully saturated rings. The third kappa shape index (κ3) is 9.04. The molecule has 4 rings (SSSR count). The molecule has 214 valence electrons. The van der Waals surface area contributed by atoms with Crippen molar-refractivity contribution in [1.82, 2.24) is 29.9 Å². The van der Waals surface area contributed by atoms with Gasteiger partial charge >= 0.3 is 0 Å². The van der Waals surface area contributed by atoms with E-state index in [1.165, 1.54) is 24.8 Å². The Morgan fingerprint density at radius 2 is 1.68 bits per heavy atom. The van der Waals surface area contributed by atoms with Gasteiger partial charge in [0.25, 0.3) is 5.91 Å². The highest BCUT2D eigenvalue weighted by Crippen LogP contribution is 2.16. The van der Waals surface area contributed by atoms with Gasteiger partial charge in [0.05, 0.1) is 36.6 Å². The lowest BCUT2D eigenvalue weighted by Gasteiger charge is -2.10. The molecule has 0 aliphatic rings. The van der Waals surface area contributed by atoms with Crippen LogP contribution in [0.15, 0.2) is 60.9 Å². The Hall–Kier alpha value is -4.45. The van der Waals surface area contributed by atoms with Gasteiger partial charge in [0.1, 0.15) is 0 Å². The molecule has 2 heterocycles. The number of imidazole rings is 1. The monoisotopic (exact) mass is 552 g/mol. The Morgan fingerprint density at radius 1 is 0.951 bits per heavy atom. The Balaban J connectivity index is 1.13. The first kappa shape index (κ1) is 29.5. The molecule has 9 heteroatoms. The number of nitrogens with one attached hydrogen (secondary N) is 1. The zero-order chi connectivity index (χ0) is 28.9. The second-order valence-electron chi connectivity index (χ2n) is 10.4. The van der Waals surface area contributed by atoms with E-state index in [2.05, 4.69) is 45.7 Å². The summed E-state index contributed by atoms with van der Waals surface area (Å²) < 4.78 is 3.83. The summed E-state index contributed by atoms with van der Waals surface area (Å²) in [6, 6.07) is 17.6. The minimum atomic E-state index is -0.0644. The molecule has 1 amide bonds. The Morgan fingerprint density at radius 3 is 2.44 bits per heavy atom. The number of anilines is 1. The molecule has 0 saturated carbocycles. The first-order valence-corrected chi connectivity index (χ1v) is 14.6. The molecule has 2 aromatic carbocycles. The SMILES string of the molecule is CCCCCc1ccc(C(=O)NCCn2cc(CCCCCc3cnc(N)n3Cc3ccc(C#N)cc3)nn2)cc1. The second-order valence-corrected chi connectivity index (χ2v) is 10.4. The number of unbranched alkanes of at least 4 members (excludes halogenated alkanes) is 4. The molecule has 3 N–H and O–H groups in total. The molecule has 0 aliphatic heterocycles. The fraction of sp³-hybridized carbons (Fsp3) is 0.406. The Bertz CT molecular complexity index is 1410. The number of nitriles is 1. The van der Waals surface area contributed by atoms with Crippen LogP contribution in [0.1, 0.15) is 83.9 Å². The fourth-order valence-corrected chi connectivity index (χ4v) is 4.82. The summed E-state index contributed by atoms with van der Waals surface area (Å²) in [7, 11) is 0. The van der Waals surface area contributed by atoms with E-state index < -0.39 is 0 Å². The van der Waals surface area contributed by atoms with Gasteiger partial charge in [-0.3, -0.25) is 9.48 Å². The summed E-state index contributed by atoms with van der Waals surface area (Å²) in [5.41, 5.74) is 11.9. The summed E-state index contributed by atoms with van der Waals surface area (Å²) >= 11 is 0. The van der Waals surface area contributed by atoms with E-state index in [0.717, 1.165) is 55.5 Å². The molecule has 41 heavy (non-hydrogen) atoms. The molecule has 0 radical (unpaired) electrons. The number of aryl methyl sites for hydroxylation is 3. The highest BCUT2D eigenvalue weighted by Gasteiger charge is 2.09. The van der Waals surface area contributed by atoms with Crippen LogP contribution in [0.4, 0.5) is 5.95 Å². The molecule has 9 nitrogen and oxygen atoms in total. The van der Waals surface area contributed by atoms with Gasteiger partial charge in [-0.25, -0.2) is 4.98 Å². The number of aromatic nitrogens is 5. The fourth-order valence-electron chi connectivity index (χ4n) is 4.82. The largest absolute Gasteiger partial charge is 0.369 e. The van der Waals surface area contributed by atoms with Gasteiger partial charge in [0, 0.05) is 24.0 Å². The molecule has 0 aliphatic carbocycles. The van der Waals surface area contributed by atoms with Crippen LogP contribution in [0.25, 0.3) is 0 Å². The highest BCUT2D eigenvalue weighted by molar-refractivity contribution is 5.94. The summed E-state index contributed by atoms with van der Waals surface area (Å²) in [4.78, 5) is 16.8. The molecule has 0 bridgehead atoms. The number of nitrogen functional groups attached to an aromatic ring is 1. The minimum Gasteiger partial charge on any atom is -0.369 e. The normalized spacial score (nSPS) is 10.9. The third-order valence-corrected chi connectivity index (χ3v) is 7.26. The Kier molecular flexibility index (Phi) is 11.1. The molecular weight excluding hydrogens is 512 g/mol. The maximum Gasteiger partial charge on any atom is 0.251 e. The van der Waals surface area contributed by atoms with Crippen LogP contribution in [-0.4, -0.2) is 37.0 Å². The first-order chi connectivity index (χ1) is 20.1. The quantitative estimate of drug-likeness (QED) is 0.186. The molecule has 0 unspecified atom stereocenters. The van der Waals surface area contributed by atoms with Crippen LogP contribution in [-0.2, 0) is 32.4 Å². The standard InChI is InChI=1S/C32H40N8O/c1-2-3-5-8-25-15-17-28(18-16-25)31(41)35-19-20-39-24-29(37-38-39)9-6-4-7-10-30-22-36-32(34)40(30)23-27-13-11-26(21-33)12-14-27/h11-18,22,24H,2-10,19-20,23H2,1H3,(H2,34,36)(H,35,41). The van der Waals surface area contributed by atoms with E-state index in [1.54, 1.807) is 4.68 Å². The average Bonchev–Trinajstić information content (AvgIpc) is 3.59. The average molecular weight is 553 g/mol. The number of carbonyl (C=O) groups excluding carboxylic acids is 1. The Labute approximate surface area is 242 Å². The van der Waals surface area contributed by atoms with Crippen molar-refractivity contribution in [2.24, 2.45) is 0 Å². The van der Waals surface area contributed by atoms with Gasteiger partial charge < -0.3 is 15.6 Å². The zero-order valence-corrected chi connectivity index (χ0v) is 23.9. The van der Waals surface area contributed by atoms with Crippen LogP contribution >= 0.6 is 0 Å². The summed E-state index contributed by atoms with van der Waals surface area (Å²) in [5, 5.41) is 20.5. The van der Waals surface area contributed by atoms with E-state index >= 15 is 0 Å². The van der Waals surface area contributed by atoms with Crippen LogP contribution in [0, 0.1) is 11.3 Å². The summed E-state index contributed by atoms with van der Waals surface area (Å²) in [5.74, 6) is 0.443. The predicted octanol–water partition coefficient (Wildman–Crippen LogP) is 5.09. The van der Waals surface area contributed by atoms with Crippen molar-refractivity contribution in [2.75, 3.05) is 12.3 Å². The van der Waals surface area contributed by atoms with Crippen molar-refractivity contribution in [2.45, 2.75) is 77.8 Å². The van der Waals surface area contributed by atoms with E-state index in [-0.39, 0.29) is 5.91 Å². The number of nitrogens with zero attached hydrogens (tertiary/aromatic N) is 6. The van der Waals surface area contributed by atoms with Crippen molar-refractivity contribution in [3.05, 3.63) is 94.6 Å². The lowest BCUT2D eigenvalue weighted by Crippen LogP contribution is -2.27. The highest BCUT2D eigenvalue weighted by atomic mass is 16.1. The van der Waals surface area contributed by atoms with E-state index in [0.29, 0.717) is 36.7 Å². The van der Waals surface area contributed by atoms with Crippen molar-refractivity contribution < 1.29 is 4.79 Å². The van der Waals surface area contributed by atoms with E-state index in [1.807, 2.05) is 53.4 Å². The van der Waals surface area contributed by atoms with Crippen LogP contribution < -0.4 is 11.1 Å². The van der Waals surface area contributed by atoms with Gasteiger partial charge in [0.2, 0.25) is 5.95 Å². The predicted molar refractivity (Wildman–Crippen MR) is 160 cm³/mol. The number of nitrogens with two attached hydrogens (primary N) is 1. The number of hydrogen-bond donors (Lipinski definition) is 2. The minimum absolute atomic E-state index is 0.0644. The van der Waals surface area contributed by atoms with Gasteiger partial charge in [-0.15, -0.1) is 5.10 Å². The molecule has 0 spiro atoms.